The van der Waals surface area contributed by atoms with Gasteiger partial charge in [-0.15, -0.1) is 0 Å². The number of unbranched alkanes of at least 4 members (excludes halogenated alkanes) is 3. The third-order valence-electron chi connectivity index (χ3n) is 11.0. The number of aliphatic hydroxyl groups excluding tert-OH is 1. The van der Waals surface area contributed by atoms with Gasteiger partial charge in [-0.2, -0.15) is 0 Å². The zero-order valence-electron chi connectivity index (χ0n) is 20.1. The van der Waals surface area contributed by atoms with Crippen LogP contribution in [0.1, 0.15) is 85.0 Å². The minimum absolute atomic E-state index is 0.00649. The van der Waals surface area contributed by atoms with Gasteiger partial charge in [0.2, 0.25) is 0 Å². The normalized spacial score (nSPS) is 46.0. The van der Waals surface area contributed by atoms with E-state index in [1.54, 1.807) is 17.7 Å². The average Bonchev–Trinajstić information content (AvgIpc) is 3.26. The standard InChI is InChI=1S/C15H21O2.3C4H9.Sn/c1-15-2-3-17-14(15)11-8-4-7-5-10(11)13(16)12(15)9(7)6-8;3*1-3-4-2;/h7-14,16H,1-6H2;3*1,3-4H2,2H3;/t7-,8-,9-,10-,11+,12-,13-,14+,15+;;;;/m0..../s1. The number of fused-ring (bicyclic) bond motifs is 7. The van der Waals surface area contributed by atoms with E-state index < -0.39 is 18.4 Å². The van der Waals surface area contributed by atoms with Crippen molar-refractivity contribution in [1.29, 1.82) is 0 Å². The van der Waals surface area contributed by atoms with Crippen molar-refractivity contribution in [2.24, 2.45) is 40.9 Å². The third-order valence-corrected chi connectivity index (χ3v) is 27.1. The maximum absolute atomic E-state index is 11.7. The fourth-order valence-electron chi connectivity index (χ4n) is 10.0. The average molecular weight is 523 g/mol. The summed E-state index contributed by atoms with van der Waals surface area (Å²) >= 11 is -2.30. The van der Waals surface area contributed by atoms with Gasteiger partial charge in [0.15, 0.2) is 0 Å². The molecule has 0 aromatic rings. The molecule has 1 heterocycles. The van der Waals surface area contributed by atoms with E-state index in [0.717, 1.165) is 24.4 Å². The molecule has 0 aromatic carbocycles. The summed E-state index contributed by atoms with van der Waals surface area (Å²) < 4.78 is 13.2. The first kappa shape index (κ1) is 22.5. The van der Waals surface area contributed by atoms with E-state index in [-0.39, 0.29) is 6.10 Å². The molecule has 9 atom stereocenters. The Hall–Kier alpha value is 0.719. The van der Waals surface area contributed by atoms with Crippen molar-refractivity contribution in [3.05, 3.63) is 0 Å². The van der Waals surface area contributed by atoms with Crippen LogP contribution in [0.15, 0.2) is 0 Å². The zero-order chi connectivity index (χ0) is 20.9. The molecule has 0 spiro atoms. The van der Waals surface area contributed by atoms with Crippen molar-refractivity contribution in [1.82, 2.24) is 0 Å². The molecule has 30 heavy (non-hydrogen) atoms. The van der Waals surface area contributed by atoms with Crippen molar-refractivity contribution in [2.45, 2.75) is 115 Å². The fourth-order valence-corrected chi connectivity index (χ4v) is 28.9. The summed E-state index contributed by atoms with van der Waals surface area (Å²) in [4.78, 5) is 0. The van der Waals surface area contributed by atoms with Crippen molar-refractivity contribution < 1.29 is 9.84 Å². The Balaban J connectivity index is 1.51. The van der Waals surface area contributed by atoms with E-state index in [0.29, 0.717) is 29.3 Å². The Kier molecular flexibility index (Phi) is 6.62. The second kappa shape index (κ2) is 8.82. The predicted molar refractivity (Wildman–Crippen MR) is 127 cm³/mol. The van der Waals surface area contributed by atoms with Crippen molar-refractivity contribution in [2.75, 3.05) is 6.61 Å². The summed E-state index contributed by atoms with van der Waals surface area (Å²) in [6.45, 7) is 8.21. The van der Waals surface area contributed by atoms with E-state index in [9.17, 15) is 5.11 Å². The molecule has 0 radical (unpaired) electrons. The van der Waals surface area contributed by atoms with Crippen LogP contribution < -0.4 is 0 Å². The molecule has 5 aliphatic rings. The molecule has 5 fully saturated rings. The van der Waals surface area contributed by atoms with Gasteiger partial charge in [-0.05, 0) is 0 Å². The molecule has 0 aromatic heterocycles. The number of ether oxygens (including phenoxy) is 1. The molecule has 0 amide bonds. The molecule has 4 saturated carbocycles. The summed E-state index contributed by atoms with van der Waals surface area (Å²) in [5.41, 5.74) is 0.379. The van der Waals surface area contributed by atoms with Gasteiger partial charge in [-0.3, -0.25) is 0 Å². The van der Waals surface area contributed by atoms with Gasteiger partial charge in [0.05, 0.1) is 0 Å². The van der Waals surface area contributed by atoms with Crippen molar-refractivity contribution in [3.8, 4) is 0 Å². The maximum atomic E-state index is 11.7. The molecule has 1 N–H and O–H groups in total. The molecule has 4 bridgehead atoms. The summed E-state index contributed by atoms with van der Waals surface area (Å²) in [5.74, 6) is 4.56. The number of hydrogen-bond acceptors (Lipinski definition) is 2. The van der Waals surface area contributed by atoms with Crippen LogP contribution in [0.25, 0.3) is 0 Å². The SMILES string of the molecule is CCC[CH2][Sn]([CH2]CCC)([CH2]CCC)[CH2][C@]12CCO[C@@H]1[C@@H]1[C@H]3C[C@H]4C[C@@H]1[C@H](O)[C@@H]2[C@H]4C3. The molecular formula is C27H48O2Sn. The van der Waals surface area contributed by atoms with Crippen molar-refractivity contribution in [3.63, 3.8) is 0 Å². The van der Waals surface area contributed by atoms with E-state index in [1.165, 1.54) is 64.2 Å². The van der Waals surface area contributed by atoms with Gasteiger partial charge in [-0.1, -0.05) is 0 Å². The Morgan fingerprint density at radius 3 is 2.13 bits per heavy atom. The Labute approximate surface area is 190 Å². The third kappa shape index (κ3) is 3.39. The molecule has 5 rings (SSSR count). The Bertz CT molecular complexity index is 586. The minimum atomic E-state index is -2.30. The summed E-state index contributed by atoms with van der Waals surface area (Å²) in [6.07, 6.45) is 14.6. The van der Waals surface area contributed by atoms with Gasteiger partial charge in [0.25, 0.3) is 0 Å². The topological polar surface area (TPSA) is 29.5 Å². The molecule has 2 nitrogen and oxygen atoms in total. The molecular weight excluding hydrogens is 475 g/mol. The summed E-state index contributed by atoms with van der Waals surface area (Å²) in [5, 5.41) is 11.7. The Morgan fingerprint density at radius 1 is 0.867 bits per heavy atom. The van der Waals surface area contributed by atoms with E-state index in [4.69, 9.17) is 4.74 Å². The Morgan fingerprint density at radius 2 is 1.50 bits per heavy atom. The molecule has 0 unspecified atom stereocenters. The summed E-state index contributed by atoms with van der Waals surface area (Å²) in [7, 11) is 0. The first-order valence-corrected chi connectivity index (χ1v) is 22.0. The van der Waals surface area contributed by atoms with Crippen LogP contribution in [-0.4, -0.2) is 42.3 Å². The van der Waals surface area contributed by atoms with Crippen LogP contribution in [0.3, 0.4) is 0 Å². The monoisotopic (exact) mass is 524 g/mol. The second-order valence-electron chi connectivity index (χ2n) is 12.4. The van der Waals surface area contributed by atoms with Gasteiger partial charge in [-0.25, -0.2) is 0 Å². The quantitative estimate of drug-likeness (QED) is 0.299. The fraction of sp³-hybridized carbons (Fsp3) is 1.00. The molecule has 1 saturated heterocycles. The second-order valence-corrected chi connectivity index (χ2v) is 26.3. The van der Waals surface area contributed by atoms with Crippen LogP contribution in [0.4, 0.5) is 0 Å². The van der Waals surface area contributed by atoms with E-state index >= 15 is 0 Å². The zero-order valence-corrected chi connectivity index (χ0v) is 22.9. The van der Waals surface area contributed by atoms with E-state index in [1.807, 2.05) is 0 Å². The van der Waals surface area contributed by atoms with Gasteiger partial charge < -0.3 is 0 Å². The van der Waals surface area contributed by atoms with Crippen LogP contribution in [0, 0.1) is 40.9 Å². The molecule has 4 aliphatic carbocycles. The van der Waals surface area contributed by atoms with Crippen LogP contribution in [-0.2, 0) is 4.74 Å². The summed E-state index contributed by atoms with van der Waals surface area (Å²) in [6, 6.07) is 0. The van der Waals surface area contributed by atoms with Crippen LogP contribution >= 0.6 is 0 Å². The molecule has 3 heteroatoms. The molecule has 172 valence electrons. The number of aliphatic hydroxyl groups is 1. The number of hydrogen-bond donors (Lipinski definition) is 1. The van der Waals surface area contributed by atoms with Gasteiger partial charge >= 0.3 is 191 Å². The first-order valence-electron chi connectivity index (χ1n) is 13.9. The van der Waals surface area contributed by atoms with Gasteiger partial charge in [0, 0.05) is 0 Å². The first-order chi connectivity index (χ1) is 14.6. The van der Waals surface area contributed by atoms with Crippen LogP contribution in [0.2, 0.25) is 17.7 Å². The predicted octanol–water partition coefficient (Wildman–Crippen LogP) is 6.89. The molecule has 1 aliphatic heterocycles. The number of rotatable bonds is 11. The van der Waals surface area contributed by atoms with E-state index in [2.05, 4.69) is 20.8 Å². The van der Waals surface area contributed by atoms with Crippen molar-refractivity contribution >= 4 is 18.4 Å². The van der Waals surface area contributed by atoms with Gasteiger partial charge in [0.1, 0.15) is 0 Å². The van der Waals surface area contributed by atoms with Crippen LogP contribution in [0.5, 0.6) is 0 Å².